The summed E-state index contributed by atoms with van der Waals surface area (Å²) in [7, 11) is 0. The largest absolute Gasteiger partial charge is 0.503 e. The Morgan fingerprint density at radius 2 is 1.54 bits per heavy atom. The van der Waals surface area contributed by atoms with Gasteiger partial charge in [0.15, 0.2) is 11.6 Å². The number of hydrogen-bond acceptors (Lipinski definition) is 5. The van der Waals surface area contributed by atoms with E-state index in [-0.39, 0.29) is 17.7 Å². The van der Waals surface area contributed by atoms with Crippen LogP contribution in [0.3, 0.4) is 0 Å². The van der Waals surface area contributed by atoms with Crippen LogP contribution < -0.4 is 5.43 Å². The minimum Gasteiger partial charge on any atom is -0.503 e. The quantitative estimate of drug-likeness (QED) is 0.464. The molecule has 2 aliphatic heterocycles. The van der Waals surface area contributed by atoms with Gasteiger partial charge in [-0.2, -0.15) is 0 Å². The number of nitrogens with zero attached hydrogens (tertiary/aromatic N) is 4. The van der Waals surface area contributed by atoms with E-state index in [9.17, 15) is 15.0 Å². The van der Waals surface area contributed by atoms with E-state index < -0.39 is 11.7 Å². The third-order valence-corrected chi connectivity index (χ3v) is 7.38. The number of benzene rings is 2. The zero-order valence-corrected chi connectivity index (χ0v) is 19.4. The second-order valence-electron chi connectivity index (χ2n) is 9.38. The summed E-state index contributed by atoms with van der Waals surface area (Å²) in [6, 6.07) is 21.8. The first-order valence-corrected chi connectivity index (χ1v) is 12.2. The van der Waals surface area contributed by atoms with E-state index in [0.717, 1.165) is 37.1 Å². The number of aliphatic hydroxyl groups excluding tert-OH is 1. The molecule has 2 aromatic heterocycles. The molecule has 0 aliphatic carbocycles. The molecule has 0 radical (unpaired) electrons. The minimum absolute atomic E-state index is 0.0506. The van der Waals surface area contributed by atoms with Gasteiger partial charge in [-0.05, 0) is 24.0 Å². The number of hydrogen-bond donors (Lipinski definition) is 2. The number of aromatic hydroxyl groups is 1. The van der Waals surface area contributed by atoms with Gasteiger partial charge in [-0.25, -0.2) is 4.98 Å². The van der Waals surface area contributed by atoms with Gasteiger partial charge in [-0.3, -0.25) is 9.69 Å². The number of aromatic nitrogens is 3. The van der Waals surface area contributed by atoms with Crippen molar-refractivity contribution >= 4 is 0 Å². The Labute approximate surface area is 203 Å². The van der Waals surface area contributed by atoms with Crippen LogP contribution in [0.2, 0.25) is 0 Å². The number of pyridine rings is 1. The number of fused-ring (bicyclic) bond motifs is 3. The Bertz CT molecular complexity index is 1350. The van der Waals surface area contributed by atoms with Gasteiger partial charge >= 0.3 is 0 Å². The zero-order valence-electron chi connectivity index (χ0n) is 19.4. The van der Waals surface area contributed by atoms with Crippen LogP contribution in [0.1, 0.15) is 47.9 Å². The molecule has 2 N–H and O–H groups in total. The predicted octanol–water partition coefficient (Wildman–Crippen LogP) is 3.89. The fraction of sp³-hybridized carbons (Fsp3) is 0.286. The lowest BCUT2D eigenvalue weighted by atomic mass is 9.83. The van der Waals surface area contributed by atoms with Crippen molar-refractivity contribution in [3.63, 3.8) is 0 Å². The molecule has 7 heteroatoms. The van der Waals surface area contributed by atoms with E-state index in [4.69, 9.17) is 0 Å². The summed E-state index contributed by atoms with van der Waals surface area (Å²) >= 11 is 0. The molecule has 0 spiro atoms. The molecule has 2 aliphatic rings. The average molecular weight is 469 g/mol. The molecule has 0 amide bonds. The minimum atomic E-state index is -0.782. The first-order valence-electron chi connectivity index (χ1n) is 12.2. The first kappa shape index (κ1) is 21.8. The van der Waals surface area contributed by atoms with Crippen LogP contribution in [0.25, 0.3) is 11.5 Å². The van der Waals surface area contributed by atoms with Gasteiger partial charge in [0, 0.05) is 37.8 Å². The highest BCUT2D eigenvalue weighted by Gasteiger charge is 2.37. The molecule has 4 aromatic rings. The molecule has 1 unspecified atom stereocenters. The summed E-state index contributed by atoms with van der Waals surface area (Å²) in [5.74, 6) is 0.140. The summed E-state index contributed by atoms with van der Waals surface area (Å²) in [4.78, 5) is 19.2. The van der Waals surface area contributed by atoms with E-state index in [1.807, 2.05) is 45.5 Å². The Balaban J connectivity index is 1.55. The fourth-order valence-corrected chi connectivity index (χ4v) is 5.69. The smallest absolute Gasteiger partial charge is 0.223 e. The van der Waals surface area contributed by atoms with Gasteiger partial charge < -0.3 is 19.3 Å². The van der Waals surface area contributed by atoms with Crippen molar-refractivity contribution in [2.45, 2.75) is 37.6 Å². The molecule has 4 heterocycles. The Kier molecular flexibility index (Phi) is 5.51. The lowest BCUT2D eigenvalue weighted by molar-refractivity contribution is 0.0120. The highest BCUT2D eigenvalue weighted by molar-refractivity contribution is 5.62. The second-order valence-corrected chi connectivity index (χ2v) is 9.38. The molecule has 1 fully saturated rings. The van der Waals surface area contributed by atoms with Crippen LogP contribution in [0.15, 0.2) is 83.9 Å². The van der Waals surface area contributed by atoms with Crippen LogP contribution in [0.4, 0.5) is 0 Å². The summed E-state index contributed by atoms with van der Waals surface area (Å²) < 4.78 is 3.97. The van der Waals surface area contributed by atoms with Gasteiger partial charge in [0.05, 0.1) is 17.9 Å². The number of rotatable bonds is 5. The average Bonchev–Trinajstić information content (AvgIpc) is 3.58. The van der Waals surface area contributed by atoms with E-state index in [1.54, 1.807) is 12.4 Å². The van der Waals surface area contributed by atoms with Crippen molar-refractivity contribution < 1.29 is 10.2 Å². The Hall–Kier alpha value is -3.68. The van der Waals surface area contributed by atoms with Gasteiger partial charge in [0.1, 0.15) is 11.9 Å². The summed E-state index contributed by atoms with van der Waals surface area (Å²) in [5, 5.41) is 22.2. The molecule has 2 atom stereocenters. The van der Waals surface area contributed by atoms with E-state index in [0.29, 0.717) is 23.8 Å². The molecule has 7 nitrogen and oxygen atoms in total. The maximum Gasteiger partial charge on any atom is 0.223 e. The third kappa shape index (κ3) is 3.68. The maximum atomic E-state index is 12.5. The summed E-state index contributed by atoms with van der Waals surface area (Å²) in [6.45, 7) is 2.21. The Morgan fingerprint density at radius 3 is 2.17 bits per heavy atom. The van der Waals surface area contributed by atoms with Gasteiger partial charge in [-0.15, -0.1) is 0 Å². The number of imidazole rings is 1. The van der Waals surface area contributed by atoms with Crippen molar-refractivity contribution in [1.29, 1.82) is 0 Å². The normalized spacial score (nSPS) is 18.4. The molecule has 0 saturated carbocycles. The fourth-order valence-electron chi connectivity index (χ4n) is 5.69. The lowest BCUT2D eigenvalue weighted by Gasteiger charge is -2.37. The molecule has 2 aromatic carbocycles. The van der Waals surface area contributed by atoms with Crippen LogP contribution in [0, 0.1) is 0 Å². The van der Waals surface area contributed by atoms with Crippen molar-refractivity contribution in [2.24, 2.45) is 0 Å². The van der Waals surface area contributed by atoms with Crippen molar-refractivity contribution in [2.75, 3.05) is 13.1 Å². The van der Waals surface area contributed by atoms with Crippen molar-refractivity contribution in [1.82, 2.24) is 19.0 Å². The molecular weight excluding hydrogens is 440 g/mol. The topological polar surface area (TPSA) is 83.5 Å². The maximum absolute atomic E-state index is 12.5. The third-order valence-electron chi connectivity index (χ3n) is 7.38. The predicted molar refractivity (Wildman–Crippen MR) is 133 cm³/mol. The van der Waals surface area contributed by atoms with Crippen molar-refractivity contribution in [3.8, 4) is 17.3 Å². The molecule has 0 bridgehead atoms. The second kappa shape index (κ2) is 8.83. The van der Waals surface area contributed by atoms with Gasteiger partial charge in [0.25, 0.3) is 0 Å². The van der Waals surface area contributed by atoms with Gasteiger partial charge in [0.2, 0.25) is 5.43 Å². The molecule has 35 heavy (non-hydrogen) atoms. The van der Waals surface area contributed by atoms with Crippen LogP contribution in [0.5, 0.6) is 5.75 Å². The van der Waals surface area contributed by atoms with E-state index in [2.05, 4.69) is 34.1 Å². The van der Waals surface area contributed by atoms with Gasteiger partial charge in [-0.1, -0.05) is 60.7 Å². The molecular formula is C28H28N4O3. The zero-order chi connectivity index (χ0) is 23.9. The monoisotopic (exact) mass is 468 g/mol. The van der Waals surface area contributed by atoms with Crippen molar-refractivity contribution in [3.05, 3.63) is 106 Å². The summed E-state index contributed by atoms with van der Waals surface area (Å²) in [5.41, 5.74) is 2.92. The molecule has 178 valence electrons. The standard InChI is InChI=1S/C28H28N4O3/c33-23-13-16-31-22(24(19-9-3-1-4-10-19)20-11-5-2-6-12-20)18-32-21(28(35)30-14-7-8-15-30)17-29-27(32)25(31)26(23)34/h1-6,9-13,16-17,22,24,28,34-35H,7-8,14-15,18H2/t22-,28?/m1/s1. The van der Waals surface area contributed by atoms with E-state index in [1.165, 1.54) is 6.07 Å². The van der Waals surface area contributed by atoms with E-state index >= 15 is 0 Å². The first-order chi connectivity index (χ1) is 17.1. The number of likely N-dealkylation sites (tertiary alicyclic amines) is 1. The lowest BCUT2D eigenvalue weighted by Crippen LogP contribution is -2.33. The SMILES string of the molecule is O=c1ccn2c(c1O)-c1ncc(C(O)N3CCCC3)n1C[C@@H]2C(c1ccccc1)c1ccccc1. The van der Waals surface area contributed by atoms with Crippen LogP contribution in [-0.2, 0) is 6.54 Å². The highest BCUT2D eigenvalue weighted by atomic mass is 16.3. The number of aliphatic hydroxyl groups is 1. The molecule has 1 saturated heterocycles. The van der Waals surface area contributed by atoms with Crippen LogP contribution >= 0.6 is 0 Å². The van der Waals surface area contributed by atoms with Crippen LogP contribution in [-0.4, -0.2) is 42.3 Å². The highest BCUT2D eigenvalue weighted by Crippen LogP contribution is 2.44. The summed E-state index contributed by atoms with van der Waals surface area (Å²) in [6.07, 6.45) is 4.78. The Morgan fingerprint density at radius 1 is 0.914 bits per heavy atom. The molecule has 6 rings (SSSR count).